The average Bonchev–Trinajstić information content (AvgIpc) is 2.18. The molecule has 0 spiro atoms. The molecule has 1 atom stereocenters. The van der Waals surface area contributed by atoms with Gasteiger partial charge in [0.2, 0.25) is 5.96 Å². The molecule has 4 nitrogen and oxygen atoms in total. The van der Waals surface area contributed by atoms with E-state index in [4.69, 9.17) is 4.84 Å². The molecule has 4 heteroatoms. The summed E-state index contributed by atoms with van der Waals surface area (Å²) in [6.07, 6.45) is 2.08. The van der Waals surface area contributed by atoms with Gasteiger partial charge in [-0.2, -0.15) is 0 Å². The molecule has 84 valence electrons. The Labute approximate surface area is 91.1 Å². The summed E-state index contributed by atoms with van der Waals surface area (Å²) >= 11 is 0. The van der Waals surface area contributed by atoms with Crippen LogP contribution in [0.15, 0.2) is 28.8 Å². The van der Waals surface area contributed by atoms with Gasteiger partial charge >= 0.3 is 0 Å². The van der Waals surface area contributed by atoms with Crippen LogP contribution in [0.5, 0.6) is 0 Å². The number of hydrogen-bond acceptors (Lipinski definition) is 4. The molecular weight excluding hydrogens is 190 g/mol. The Kier molecular flexibility index (Phi) is 4.37. The predicted octanol–water partition coefficient (Wildman–Crippen LogP) is 1.38. The smallest absolute Gasteiger partial charge is 0.216 e. The Balaban J connectivity index is 2.34. The Morgan fingerprint density at radius 3 is 2.87 bits per heavy atom. The van der Waals surface area contributed by atoms with Gasteiger partial charge in [0, 0.05) is 6.54 Å². The van der Waals surface area contributed by atoms with Crippen LogP contribution in [0.4, 0.5) is 0 Å². The maximum atomic E-state index is 5.35. The molecule has 1 rings (SSSR count). The monoisotopic (exact) mass is 209 g/mol. The van der Waals surface area contributed by atoms with Crippen LogP contribution in [0, 0.1) is 0 Å². The lowest BCUT2D eigenvalue weighted by atomic mass is 10.2. The van der Waals surface area contributed by atoms with Crippen molar-refractivity contribution in [2.45, 2.75) is 26.9 Å². The summed E-state index contributed by atoms with van der Waals surface area (Å²) in [4.78, 5) is 9.65. The molecule has 0 aromatic rings. The van der Waals surface area contributed by atoms with Crippen LogP contribution < -0.4 is 10.8 Å². The van der Waals surface area contributed by atoms with Crippen molar-refractivity contribution in [2.75, 3.05) is 13.1 Å². The summed E-state index contributed by atoms with van der Waals surface area (Å²) in [7, 11) is 0. The second-order valence-electron chi connectivity index (χ2n) is 3.91. The van der Waals surface area contributed by atoms with Crippen molar-refractivity contribution in [2.24, 2.45) is 4.99 Å². The van der Waals surface area contributed by atoms with Gasteiger partial charge in [0.25, 0.3) is 0 Å². The third kappa shape index (κ3) is 4.16. The molecule has 0 aliphatic carbocycles. The molecule has 0 aromatic heterocycles. The van der Waals surface area contributed by atoms with Crippen LogP contribution in [0.2, 0.25) is 0 Å². The first-order valence-corrected chi connectivity index (χ1v) is 5.08. The predicted molar refractivity (Wildman–Crippen MR) is 62.6 cm³/mol. The van der Waals surface area contributed by atoms with Gasteiger partial charge in [-0.05, 0) is 26.3 Å². The summed E-state index contributed by atoms with van der Waals surface area (Å²) in [5.74, 6) is 0.685. The van der Waals surface area contributed by atoms with Crippen molar-refractivity contribution in [3.63, 3.8) is 0 Å². The first-order chi connectivity index (χ1) is 7.09. The van der Waals surface area contributed by atoms with Gasteiger partial charge in [-0.1, -0.05) is 18.2 Å². The van der Waals surface area contributed by atoms with E-state index in [9.17, 15) is 0 Å². The number of nitrogens with zero attached hydrogens (tertiary/aromatic N) is 1. The summed E-state index contributed by atoms with van der Waals surface area (Å²) in [6, 6.07) is 0. The lowest BCUT2D eigenvalue weighted by molar-refractivity contribution is 0.0261. The molecule has 1 unspecified atom stereocenters. The largest absolute Gasteiger partial charge is 0.351 e. The van der Waals surface area contributed by atoms with E-state index in [0.717, 1.165) is 12.1 Å². The first-order valence-electron chi connectivity index (χ1n) is 5.08. The Morgan fingerprint density at radius 2 is 2.40 bits per heavy atom. The molecule has 0 amide bonds. The summed E-state index contributed by atoms with van der Waals surface area (Å²) in [6.45, 7) is 11.3. The Bertz CT molecular complexity index is 290. The summed E-state index contributed by atoms with van der Waals surface area (Å²) < 4.78 is 0. The van der Waals surface area contributed by atoms with Gasteiger partial charge in [-0.3, -0.25) is 4.84 Å². The average molecular weight is 209 g/mol. The number of aliphatic imine (C=N–C) groups is 1. The maximum Gasteiger partial charge on any atom is 0.216 e. The normalized spacial score (nSPS) is 19.9. The van der Waals surface area contributed by atoms with Gasteiger partial charge in [0.15, 0.2) is 0 Å². The van der Waals surface area contributed by atoms with Crippen LogP contribution >= 0.6 is 0 Å². The summed E-state index contributed by atoms with van der Waals surface area (Å²) in [5, 5.41) is 3.12. The van der Waals surface area contributed by atoms with Crippen LogP contribution in [0.25, 0.3) is 0 Å². The number of allylic oxidation sites excluding steroid dienone is 1. The van der Waals surface area contributed by atoms with Crippen molar-refractivity contribution >= 4 is 5.96 Å². The fourth-order valence-electron chi connectivity index (χ4n) is 1.07. The molecule has 0 bridgehead atoms. The van der Waals surface area contributed by atoms with Crippen molar-refractivity contribution in [3.05, 3.63) is 23.8 Å². The van der Waals surface area contributed by atoms with Crippen LogP contribution in [-0.2, 0) is 4.84 Å². The SMILES string of the molecule is C=C(C)C1CN=C(NCC=C(C)C)NO1. The molecule has 0 saturated carbocycles. The summed E-state index contributed by atoms with van der Waals surface area (Å²) in [5.41, 5.74) is 5.03. The van der Waals surface area contributed by atoms with E-state index >= 15 is 0 Å². The third-order valence-corrected chi connectivity index (χ3v) is 2.04. The minimum atomic E-state index is -0.0148. The van der Waals surface area contributed by atoms with E-state index in [0.29, 0.717) is 12.5 Å². The highest BCUT2D eigenvalue weighted by atomic mass is 16.7. The van der Waals surface area contributed by atoms with Crippen molar-refractivity contribution in [1.82, 2.24) is 10.8 Å². The molecule has 2 N–H and O–H groups in total. The molecule has 1 heterocycles. The van der Waals surface area contributed by atoms with Gasteiger partial charge in [-0.15, -0.1) is 0 Å². The van der Waals surface area contributed by atoms with Gasteiger partial charge in [0.1, 0.15) is 6.10 Å². The molecule has 0 fully saturated rings. The number of nitrogens with one attached hydrogen (secondary N) is 2. The van der Waals surface area contributed by atoms with Crippen molar-refractivity contribution in [3.8, 4) is 0 Å². The van der Waals surface area contributed by atoms with Gasteiger partial charge in [-0.25, -0.2) is 10.5 Å². The molecular formula is C11H19N3O. The first kappa shape index (κ1) is 11.8. The quantitative estimate of drug-likeness (QED) is 0.690. The third-order valence-electron chi connectivity index (χ3n) is 2.04. The topological polar surface area (TPSA) is 45.7 Å². The fourth-order valence-corrected chi connectivity index (χ4v) is 1.07. The zero-order valence-electron chi connectivity index (χ0n) is 9.63. The second kappa shape index (κ2) is 5.56. The van der Waals surface area contributed by atoms with E-state index in [-0.39, 0.29) is 6.10 Å². The number of hydroxylamine groups is 1. The lowest BCUT2D eigenvalue weighted by Gasteiger charge is -2.23. The lowest BCUT2D eigenvalue weighted by Crippen LogP contribution is -2.44. The highest BCUT2D eigenvalue weighted by Gasteiger charge is 2.15. The van der Waals surface area contributed by atoms with Gasteiger partial charge in [0.05, 0.1) is 6.54 Å². The van der Waals surface area contributed by atoms with Gasteiger partial charge < -0.3 is 5.32 Å². The Hall–Kier alpha value is -1.29. The number of rotatable bonds is 3. The van der Waals surface area contributed by atoms with E-state index in [2.05, 4.69) is 42.3 Å². The van der Waals surface area contributed by atoms with Crippen LogP contribution in [0.1, 0.15) is 20.8 Å². The van der Waals surface area contributed by atoms with E-state index < -0.39 is 0 Å². The molecule has 1 aliphatic rings. The van der Waals surface area contributed by atoms with Crippen molar-refractivity contribution < 1.29 is 4.84 Å². The fraction of sp³-hybridized carbons (Fsp3) is 0.545. The highest BCUT2D eigenvalue weighted by Crippen LogP contribution is 2.05. The molecule has 15 heavy (non-hydrogen) atoms. The van der Waals surface area contributed by atoms with E-state index in [1.165, 1.54) is 5.57 Å². The van der Waals surface area contributed by atoms with E-state index in [1.54, 1.807) is 0 Å². The minimum absolute atomic E-state index is 0.0148. The van der Waals surface area contributed by atoms with Crippen molar-refractivity contribution in [1.29, 1.82) is 0 Å². The zero-order valence-corrected chi connectivity index (χ0v) is 9.63. The second-order valence-corrected chi connectivity index (χ2v) is 3.91. The minimum Gasteiger partial charge on any atom is -0.351 e. The zero-order chi connectivity index (χ0) is 11.3. The Morgan fingerprint density at radius 1 is 1.67 bits per heavy atom. The maximum absolute atomic E-state index is 5.35. The van der Waals surface area contributed by atoms with E-state index in [1.807, 2.05) is 6.92 Å². The number of guanidine groups is 1. The standard InChI is InChI=1S/C11H19N3O/c1-8(2)5-6-12-11-13-7-10(9(3)4)15-14-11/h5,10H,3,6-7H2,1-2,4H3,(H2,12,13,14). The number of hydrogen-bond donors (Lipinski definition) is 2. The van der Waals surface area contributed by atoms with Crippen LogP contribution in [0.3, 0.4) is 0 Å². The van der Waals surface area contributed by atoms with Crippen LogP contribution in [-0.4, -0.2) is 25.2 Å². The molecule has 0 saturated heterocycles. The molecule has 0 radical (unpaired) electrons. The molecule has 1 aliphatic heterocycles. The highest BCUT2D eigenvalue weighted by molar-refractivity contribution is 5.79. The molecule has 0 aromatic carbocycles.